The molecular weight excluding hydrogens is 615 g/mol. The molecule has 0 amide bonds. The van der Waals surface area contributed by atoms with E-state index in [2.05, 4.69) is 167 Å². The van der Waals surface area contributed by atoms with E-state index >= 15 is 0 Å². The second kappa shape index (κ2) is 14.6. The number of allylic oxidation sites excluding steroid dienone is 2. The van der Waals surface area contributed by atoms with E-state index in [-0.39, 0.29) is 0 Å². The molecule has 7 rings (SSSR count). The monoisotopic (exact) mass is 659 g/mol. The van der Waals surface area contributed by atoms with Crippen LogP contribution in [0.1, 0.15) is 79.2 Å². The Morgan fingerprint density at radius 1 is 0.569 bits per heavy atom. The molecule has 1 aliphatic heterocycles. The van der Waals surface area contributed by atoms with Gasteiger partial charge in [0.15, 0.2) is 0 Å². The molecule has 0 fully saturated rings. The van der Waals surface area contributed by atoms with Crippen LogP contribution in [0.4, 0.5) is 5.69 Å². The minimum Gasteiger partial charge on any atom is -0.252 e. The molecule has 0 N–H and O–H groups in total. The molecule has 250 valence electrons. The number of rotatable bonds is 11. The van der Waals surface area contributed by atoms with E-state index in [0.29, 0.717) is 0 Å². The maximum absolute atomic E-state index is 5.11. The Balaban J connectivity index is 0.970. The zero-order chi connectivity index (χ0) is 35.5. The number of hydrogen-bond acceptors (Lipinski definition) is 1. The van der Waals surface area contributed by atoms with Crippen LogP contribution in [-0.4, -0.2) is 5.71 Å². The van der Waals surface area contributed by atoms with Crippen molar-refractivity contribution in [1.29, 1.82) is 0 Å². The molecule has 0 saturated carbocycles. The Morgan fingerprint density at radius 2 is 1.04 bits per heavy atom. The molecule has 0 bridgehead atoms. The molecule has 0 atom stereocenters. The van der Waals surface area contributed by atoms with Gasteiger partial charge in [0.25, 0.3) is 0 Å². The second-order valence-electron chi connectivity index (χ2n) is 14.2. The van der Waals surface area contributed by atoms with E-state index in [0.717, 1.165) is 70.5 Å². The van der Waals surface area contributed by atoms with Gasteiger partial charge in [-0.3, -0.25) is 4.99 Å². The summed E-state index contributed by atoms with van der Waals surface area (Å²) in [6.07, 6.45) is 3.50. The zero-order valence-electron chi connectivity index (χ0n) is 30.1. The molecule has 0 unspecified atom stereocenters. The topological polar surface area (TPSA) is 12.4 Å². The van der Waals surface area contributed by atoms with Gasteiger partial charge >= 0.3 is 0 Å². The van der Waals surface area contributed by atoms with Crippen LogP contribution in [0.25, 0.3) is 16.7 Å². The van der Waals surface area contributed by atoms with Crippen LogP contribution in [-0.2, 0) is 25.7 Å². The fourth-order valence-corrected chi connectivity index (χ4v) is 6.90. The molecule has 51 heavy (non-hydrogen) atoms. The molecule has 0 saturated heterocycles. The first-order valence-electron chi connectivity index (χ1n) is 17.8. The Kier molecular flexibility index (Phi) is 9.64. The number of aryl methyl sites for hydroxylation is 2. The quantitative estimate of drug-likeness (QED) is 0.131. The van der Waals surface area contributed by atoms with Crippen LogP contribution in [0.2, 0.25) is 0 Å². The van der Waals surface area contributed by atoms with Gasteiger partial charge in [0.05, 0.1) is 11.4 Å². The predicted molar refractivity (Wildman–Crippen MR) is 219 cm³/mol. The largest absolute Gasteiger partial charge is 0.252 e. The molecule has 0 radical (unpaired) electrons. The maximum Gasteiger partial charge on any atom is 0.0672 e. The van der Waals surface area contributed by atoms with Gasteiger partial charge < -0.3 is 0 Å². The molecule has 0 aromatic heterocycles. The molecule has 0 spiro atoms. The molecule has 1 aliphatic rings. The molecule has 1 heteroatoms. The van der Waals surface area contributed by atoms with Gasteiger partial charge in [0, 0.05) is 6.42 Å². The fraction of sp³-hybridized carbons (Fsp3) is 0.140. The van der Waals surface area contributed by atoms with Crippen LogP contribution in [0.3, 0.4) is 0 Å². The van der Waals surface area contributed by atoms with Crippen molar-refractivity contribution < 1.29 is 0 Å². The average Bonchev–Trinajstić information content (AvgIpc) is 3.56. The average molecular weight is 660 g/mol. The summed E-state index contributed by atoms with van der Waals surface area (Å²) in [6.45, 7) is 19.2. The highest BCUT2D eigenvalue weighted by molar-refractivity contribution is 6.06. The number of nitrogens with zero attached hydrogens (tertiary/aromatic N) is 1. The molecule has 6 aromatic carbocycles. The summed E-state index contributed by atoms with van der Waals surface area (Å²) < 4.78 is 0. The van der Waals surface area contributed by atoms with Gasteiger partial charge in [0.1, 0.15) is 0 Å². The normalized spacial score (nSPS) is 11.9. The van der Waals surface area contributed by atoms with E-state index in [4.69, 9.17) is 4.99 Å². The highest BCUT2D eigenvalue weighted by Gasteiger charge is 2.18. The summed E-state index contributed by atoms with van der Waals surface area (Å²) in [7, 11) is 0. The summed E-state index contributed by atoms with van der Waals surface area (Å²) in [4.78, 5) is 5.11. The third-order valence-corrected chi connectivity index (χ3v) is 10.2. The van der Waals surface area contributed by atoms with Gasteiger partial charge in [-0.15, -0.1) is 0 Å². The highest BCUT2D eigenvalue weighted by Crippen LogP contribution is 2.34. The number of aliphatic imine (C=N–C) groups is 1. The lowest BCUT2D eigenvalue weighted by molar-refractivity contribution is 1.18. The van der Waals surface area contributed by atoms with Gasteiger partial charge in [-0.05, 0) is 124 Å². The van der Waals surface area contributed by atoms with Crippen molar-refractivity contribution in [2.75, 3.05) is 0 Å². The van der Waals surface area contributed by atoms with Crippen LogP contribution in [0, 0.1) is 13.8 Å². The first-order chi connectivity index (χ1) is 24.7. The number of hydrogen-bond donors (Lipinski definition) is 0. The van der Waals surface area contributed by atoms with Crippen molar-refractivity contribution in [2.45, 2.75) is 46.5 Å². The van der Waals surface area contributed by atoms with E-state index < -0.39 is 0 Å². The zero-order valence-corrected chi connectivity index (χ0v) is 30.1. The Hall–Kier alpha value is -5.79. The number of benzene rings is 6. The first kappa shape index (κ1) is 33.7. The molecule has 0 aliphatic carbocycles. The first-order valence-corrected chi connectivity index (χ1v) is 17.8. The maximum atomic E-state index is 5.11. The smallest absolute Gasteiger partial charge is 0.0672 e. The second-order valence-corrected chi connectivity index (χ2v) is 14.2. The lowest BCUT2D eigenvalue weighted by Gasteiger charge is -2.12. The minimum absolute atomic E-state index is 0.813. The van der Waals surface area contributed by atoms with Gasteiger partial charge in [-0.1, -0.05) is 158 Å². The molecule has 1 heterocycles. The van der Waals surface area contributed by atoms with E-state index in [1.165, 1.54) is 55.6 Å². The van der Waals surface area contributed by atoms with Crippen LogP contribution < -0.4 is 0 Å². The van der Waals surface area contributed by atoms with Crippen molar-refractivity contribution in [2.24, 2.45) is 4.99 Å². The van der Waals surface area contributed by atoms with Gasteiger partial charge in [-0.2, -0.15) is 0 Å². The lowest BCUT2D eigenvalue weighted by atomic mass is 9.93. The van der Waals surface area contributed by atoms with Crippen molar-refractivity contribution in [1.82, 2.24) is 0 Å². The molecule has 6 aromatic rings. The van der Waals surface area contributed by atoms with E-state index in [1.54, 1.807) is 0 Å². The summed E-state index contributed by atoms with van der Waals surface area (Å²) in [5, 5.41) is 0. The third-order valence-electron chi connectivity index (χ3n) is 10.2. The van der Waals surface area contributed by atoms with Gasteiger partial charge in [0.2, 0.25) is 0 Å². The van der Waals surface area contributed by atoms with Crippen molar-refractivity contribution in [3.8, 4) is 0 Å². The Morgan fingerprint density at radius 3 is 1.59 bits per heavy atom. The Labute approximate surface area is 304 Å². The number of fused-ring (bicyclic) bond motifs is 1. The molecular formula is C50H45N. The minimum atomic E-state index is 0.813. The lowest BCUT2D eigenvalue weighted by Crippen LogP contribution is -2.01. The Bertz CT molecular complexity index is 2260. The fourth-order valence-electron chi connectivity index (χ4n) is 6.90. The standard InChI is InChI=1S/C50H45N/c1-33(2)42-23-25-45(26-24-42)37(6)44-19-13-40(14-20-44)30-41-15-21-46(22-16-41)49-32-48-28-36(5)47(31-50(48)51-49)27-35(4)43-17-11-39(12-18-43)29-38-9-7-34(3)8-10-38/h7-26,28,31H,1,4,6,27,29-30,32H2,2-3,5H3. The van der Waals surface area contributed by atoms with Crippen molar-refractivity contribution in [3.05, 3.63) is 226 Å². The van der Waals surface area contributed by atoms with Crippen LogP contribution >= 0.6 is 0 Å². The predicted octanol–water partition coefficient (Wildman–Crippen LogP) is 12.5. The molecule has 1 nitrogen and oxygen atoms in total. The summed E-state index contributed by atoms with van der Waals surface area (Å²) in [5.74, 6) is 0. The van der Waals surface area contributed by atoms with Gasteiger partial charge in [-0.25, -0.2) is 0 Å². The highest BCUT2D eigenvalue weighted by atomic mass is 14.8. The van der Waals surface area contributed by atoms with Crippen LogP contribution in [0.15, 0.2) is 158 Å². The summed E-state index contributed by atoms with van der Waals surface area (Å²) in [5.41, 5.74) is 21.7. The van der Waals surface area contributed by atoms with E-state index in [1.807, 2.05) is 6.92 Å². The SMILES string of the molecule is C=C(C)c1ccc(C(=C)c2ccc(Cc3ccc(C4=Nc5cc(CC(=C)c6ccc(Cc7ccc(C)cc7)cc6)c(C)cc5C4)cc3)cc2)cc1. The third kappa shape index (κ3) is 7.84. The van der Waals surface area contributed by atoms with Crippen molar-refractivity contribution >= 4 is 28.1 Å². The summed E-state index contributed by atoms with van der Waals surface area (Å²) >= 11 is 0. The van der Waals surface area contributed by atoms with Crippen molar-refractivity contribution in [3.63, 3.8) is 0 Å². The van der Waals surface area contributed by atoms with E-state index in [9.17, 15) is 0 Å². The van der Waals surface area contributed by atoms with Crippen LogP contribution in [0.5, 0.6) is 0 Å². The summed E-state index contributed by atoms with van der Waals surface area (Å²) in [6, 6.07) is 48.5.